The first-order chi connectivity index (χ1) is 8.44. The number of rotatable bonds is 3. The van der Waals surface area contributed by atoms with Gasteiger partial charge in [-0.15, -0.1) is 0 Å². The summed E-state index contributed by atoms with van der Waals surface area (Å²) in [5.41, 5.74) is 0. The van der Waals surface area contributed by atoms with E-state index in [1.165, 1.54) is 5.41 Å². The van der Waals surface area contributed by atoms with Crippen molar-refractivity contribution in [2.75, 3.05) is 18.8 Å². The highest BCUT2D eigenvalue weighted by atomic mass is 32.2. The van der Waals surface area contributed by atoms with Crippen LogP contribution in [0.5, 0.6) is 0 Å². The molecule has 104 valence electrons. The predicted octanol–water partition coefficient (Wildman–Crippen LogP) is 1.01. The Hall–Kier alpha value is -0.390. The molecule has 0 amide bonds. The summed E-state index contributed by atoms with van der Waals surface area (Å²) in [6.07, 6.45) is 2.95. The zero-order valence-corrected chi connectivity index (χ0v) is 12.3. The van der Waals surface area contributed by atoms with E-state index in [-0.39, 0.29) is 11.8 Å². The van der Waals surface area contributed by atoms with E-state index in [1.54, 1.807) is 0 Å². The number of nitrogens with zero attached hydrogens (tertiary/aromatic N) is 1. The zero-order valence-electron chi connectivity index (χ0n) is 11.5. The molecule has 5 heteroatoms. The molecule has 0 spiro atoms. The van der Waals surface area contributed by atoms with E-state index in [9.17, 15) is 8.42 Å². The number of piperidine rings is 1. The maximum absolute atomic E-state index is 11.5. The molecular weight excluding hydrogens is 248 g/mol. The molecule has 2 aliphatic rings. The van der Waals surface area contributed by atoms with E-state index in [4.69, 9.17) is 0 Å². The molecular formula is C13H24N2O2S. The number of likely N-dealkylation sites (tertiary alicyclic amines) is 1. The summed E-state index contributed by atoms with van der Waals surface area (Å²) in [7, 11) is -2.95. The largest absolute Gasteiger partial charge is 0.314 e. The molecule has 0 aliphatic carbocycles. The maximum atomic E-state index is 11.5. The monoisotopic (exact) mass is 272 g/mol. The van der Waals surface area contributed by atoms with Gasteiger partial charge in [0.1, 0.15) is 0 Å². The van der Waals surface area contributed by atoms with Crippen molar-refractivity contribution in [3.63, 3.8) is 0 Å². The average Bonchev–Trinajstić information content (AvgIpc) is 2.66. The molecule has 2 rings (SSSR count). The van der Waals surface area contributed by atoms with E-state index >= 15 is 0 Å². The molecule has 1 fully saturated rings. The van der Waals surface area contributed by atoms with Gasteiger partial charge in [-0.25, -0.2) is 8.42 Å². The van der Waals surface area contributed by atoms with Gasteiger partial charge in [0.2, 0.25) is 0 Å². The zero-order chi connectivity index (χ0) is 13.3. The van der Waals surface area contributed by atoms with E-state index in [1.807, 2.05) is 6.08 Å². The summed E-state index contributed by atoms with van der Waals surface area (Å²) in [5.74, 6) is 0.811. The molecule has 4 nitrogen and oxygen atoms in total. The molecule has 0 bridgehead atoms. The van der Waals surface area contributed by atoms with Crippen LogP contribution in [-0.2, 0) is 9.84 Å². The molecule has 0 aromatic heterocycles. The molecule has 2 aliphatic heterocycles. The average molecular weight is 272 g/mol. The fourth-order valence-corrected chi connectivity index (χ4v) is 4.49. The van der Waals surface area contributed by atoms with Crippen molar-refractivity contribution in [3.05, 3.63) is 11.5 Å². The molecule has 18 heavy (non-hydrogen) atoms. The Morgan fingerprint density at radius 3 is 2.67 bits per heavy atom. The van der Waals surface area contributed by atoms with Crippen LogP contribution in [0, 0.1) is 5.92 Å². The molecule has 1 saturated heterocycles. The van der Waals surface area contributed by atoms with Gasteiger partial charge in [-0.05, 0) is 25.8 Å². The van der Waals surface area contributed by atoms with Crippen LogP contribution < -0.4 is 5.32 Å². The molecule has 1 N–H and O–H groups in total. The van der Waals surface area contributed by atoms with Gasteiger partial charge in [-0.3, -0.25) is 4.90 Å². The Bertz CT molecular complexity index is 419. The van der Waals surface area contributed by atoms with Gasteiger partial charge in [0.15, 0.2) is 9.84 Å². The lowest BCUT2D eigenvalue weighted by molar-refractivity contribution is 0.0703. The van der Waals surface area contributed by atoms with Crippen molar-refractivity contribution in [1.29, 1.82) is 0 Å². The Balaban J connectivity index is 2.03. The lowest BCUT2D eigenvalue weighted by Crippen LogP contribution is -2.56. The molecule has 2 heterocycles. The minimum Gasteiger partial charge on any atom is -0.314 e. The third-order valence-corrected chi connectivity index (χ3v) is 5.80. The Morgan fingerprint density at radius 1 is 1.39 bits per heavy atom. The van der Waals surface area contributed by atoms with Crippen molar-refractivity contribution in [3.8, 4) is 0 Å². The quantitative estimate of drug-likeness (QED) is 0.833. The highest BCUT2D eigenvalue weighted by Crippen LogP contribution is 2.28. The van der Waals surface area contributed by atoms with Crippen LogP contribution in [-0.4, -0.2) is 50.3 Å². The lowest BCUT2D eigenvalue weighted by atomic mass is 9.86. The number of hydrogen-bond acceptors (Lipinski definition) is 4. The SMILES string of the molecule is CCNC1CCN(C2C=CS(=O)(=O)C2)C(C)C1C. The molecule has 0 aromatic rings. The number of sulfone groups is 1. The molecule has 4 atom stereocenters. The fourth-order valence-electron chi connectivity index (χ4n) is 3.18. The van der Waals surface area contributed by atoms with Gasteiger partial charge in [-0.1, -0.05) is 19.9 Å². The highest BCUT2D eigenvalue weighted by Gasteiger charge is 2.37. The minimum atomic E-state index is -2.95. The van der Waals surface area contributed by atoms with E-state index in [0.29, 0.717) is 18.0 Å². The highest BCUT2D eigenvalue weighted by molar-refractivity contribution is 7.94. The van der Waals surface area contributed by atoms with Gasteiger partial charge >= 0.3 is 0 Å². The minimum absolute atomic E-state index is 0.0787. The van der Waals surface area contributed by atoms with Crippen molar-refractivity contribution >= 4 is 9.84 Å². The lowest BCUT2D eigenvalue weighted by Gasteiger charge is -2.45. The van der Waals surface area contributed by atoms with Crippen molar-refractivity contribution < 1.29 is 8.42 Å². The van der Waals surface area contributed by atoms with Crippen molar-refractivity contribution in [1.82, 2.24) is 10.2 Å². The first kappa shape index (κ1) is 14.0. The van der Waals surface area contributed by atoms with Gasteiger partial charge < -0.3 is 5.32 Å². The smallest absolute Gasteiger partial charge is 0.173 e. The van der Waals surface area contributed by atoms with Crippen molar-refractivity contribution in [2.45, 2.75) is 45.3 Å². The Morgan fingerprint density at radius 2 is 2.11 bits per heavy atom. The first-order valence-electron chi connectivity index (χ1n) is 6.84. The second-order valence-corrected chi connectivity index (χ2v) is 7.45. The molecule has 0 radical (unpaired) electrons. The van der Waals surface area contributed by atoms with Crippen LogP contribution in [0.4, 0.5) is 0 Å². The van der Waals surface area contributed by atoms with Crippen LogP contribution in [0.1, 0.15) is 27.2 Å². The standard InChI is InChI=1S/C13H24N2O2S/c1-4-14-13-5-7-15(11(3)10(13)2)12-6-8-18(16,17)9-12/h6,8,10-14H,4-5,7,9H2,1-3H3. The fraction of sp³-hybridized carbons (Fsp3) is 0.846. The van der Waals surface area contributed by atoms with E-state index in [2.05, 4.69) is 31.0 Å². The predicted molar refractivity (Wildman–Crippen MR) is 74.1 cm³/mol. The van der Waals surface area contributed by atoms with Crippen LogP contribution >= 0.6 is 0 Å². The summed E-state index contributed by atoms with van der Waals surface area (Å²) in [4.78, 5) is 2.35. The topological polar surface area (TPSA) is 49.4 Å². The number of hydrogen-bond donors (Lipinski definition) is 1. The summed E-state index contributed by atoms with van der Waals surface area (Å²) < 4.78 is 23.0. The molecule has 0 saturated carbocycles. The Kier molecular flexibility index (Phi) is 4.14. The van der Waals surface area contributed by atoms with Gasteiger partial charge in [0.25, 0.3) is 0 Å². The van der Waals surface area contributed by atoms with Gasteiger partial charge in [-0.2, -0.15) is 0 Å². The second-order valence-electron chi connectivity index (χ2n) is 5.52. The summed E-state index contributed by atoms with van der Waals surface area (Å²) in [6, 6.07) is 1.06. The van der Waals surface area contributed by atoms with Crippen LogP contribution in [0.3, 0.4) is 0 Å². The second kappa shape index (κ2) is 5.31. The van der Waals surface area contributed by atoms with Crippen molar-refractivity contribution in [2.24, 2.45) is 5.92 Å². The molecule has 4 unspecified atom stereocenters. The number of nitrogens with one attached hydrogen (secondary N) is 1. The van der Waals surface area contributed by atoms with Crippen LogP contribution in [0.25, 0.3) is 0 Å². The van der Waals surface area contributed by atoms with Crippen LogP contribution in [0.2, 0.25) is 0 Å². The van der Waals surface area contributed by atoms with Gasteiger partial charge in [0, 0.05) is 30.1 Å². The third kappa shape index (κ3) is 2.78. The normalized spacial score (nSPS) is 40.2. The summed E-state index contributed by atoms with van der Waals surface area (Å²) in [6.45, 7) is 8.59. The first-order valence-corrected chi connectivity index (χ1v) is 8.56. The maximum Gasteiger partial charge on any atom is 0.173 e. The third-order valence-electron chi connectivity index (χ3n) is 4.42. The summed E-state index contributed by atoms with van der Waals surface area (Å²) >= 11 is 0. The molecule has 0 aromatic carbocycles. The summed E-state index contributed by atoms with van der Waals surface area (Å²) in [5, 5.41) is 4.91. The van der Waals surface area contributed by atoms with Gasteiger partial charge in [0.05, 0.1) is 5.75 Å². The Labute approximate surface area is 110 Å². The van der Waals surface area contributed by atoms with Crippen LogP contribution in [0.15, 0.2) is 11.5 Å². The van der Waals surface area contributed by atoms with E-state index in [0.717, 1.165) is 19.5 Å². The van der Waals surface area contributed by atoms with E-state index < -0.39 is 9.84 Å².